The molecule has 1 atom stereocenters. The minimum absolute atomic E-state index is 0.0423. The molecule has 0 saturated carbocycles. The second kappa shape index (κ2) is 7.20. The highest BCUT2D eigenvalue weighted by Crippen LogP contribution is 2.43. The summed E-state index contributed by atoms with van der Waals surface area (Å²) < 4.78 is 6.14. The number of methoxy groups -OCH3 is 1. The number of hydrogen-bond acceptors (Lipinski definition) is 1. The molecule has 0 radical (unpaired) electrons. The molecular weight excluding hydrogens is 356 g/mol. The van der Waals surface area contributed by atoms with Crippen molar-refractivity contribution in [3.63, 3.8) is 0 Å². The SMILES string of the molecule is COc1c(C(C)(C)C)cc(C(C)(C)C)cc1[Si](C)(C)C1=C(C)C(C)=C(C)C1C. The fourth-order valence-corrected chi connectivity index (χ4v) is 8.86. The van der Waals surface area contributed by atoms with Gasteiger partial charge in [-0.1, -0.05) is 90.0 Å². The van der Waals surface area contributed by atoms with Crippen LogP contribution in [0.25, 0.3) is 0 Å². The molecule has 0 bridgehead atoms. The molecule has 1 aliphatic carbocycles. The Labute approximate surface area is 175 Å². The number of hydrogen-bond donors (Lipinski definition) is 0. The first-order valence-electron chi connectivity index (χ1n) is 10.7. The van der Waals surface area contributed by atoms with Crippen molar-refractivity contribution in [3.8, 4) is 5.75 Å². The summed E-state index contributed by atoms with van der Waals surface area (Å²) in [6.45, 7) is 28.2. The van der Waals surface area contributed by atoms with E-state index in [1.165, 1.54) is 33.0 Å². The Morgan fingerprint density at radius 2 is 1.39 bits per heavy atom. The van der Waals surface area contributed by atoms with Crippen molar-refractivity contribution in [1.29, 1.82) is 0 Å². The molecule has 1 aromatic rings. The van der Waals surface area contributed by atoms with Gasteiger partial charge < -0.3 is 4.74 Å². The van der Waals surface area contributed by atoms with Gasteiger partial charge in [-0.3, -0.25) is 0 Å². The largest absolute Gasteiger partial charge is 0.497 e. The van der Waals surface area contributed by atoms with Crippen LogP contribution >= 0.6 is 0 Å². The molecular formula is C26H42OSi. The average Bonchev–Trinajstić information content (AvgIpc) is 2.75. The quantitative estimate of drug-likeness (QED) is 0.496. The minimum Gasteiger partial charge on any atom is -0.497 e. The van der Waals surface area contributed by atoms with E-state index in [9.17, 15) is 0 Å². The van der Waals surface area contributed by atoms with E-state index < -0.39 is 8.07 Å². The highest BCUT2D eigenvalue weighted by Gasteiger charge is 2.41. The molecule has 1 nitrogen and oxygen atoms in total. The predicted octanol–water partition coefficient (Wildman–Crippen LogP) is 7.05. The van der Waals surface area contributed by atoms with Crippen LogP contribution in [0.3, 0.4) is 0 Å². The maximum Gasteiger partial charge on any atom is 0.122 e. The maximum absolute atomic E-state index is 6.14. The van der Waals surface area contributed by atoms with E-state index in [1.54, 1.807) is 5.20 Å². The van der Waals surface area contributed by atoms with E-state index in [0.717, 1.165) is 5.75 Å². The number of benzene rings is 1. The van der Waals surface area contributed by atoms with Crippen molar-refractivity contribution >= 4 is 13.3 Å². The highest BCUT2D eigenvalue weighted by atomic mass is 28.3. The standard InChI is InChI=1S/C26H42OSi/c1-16-17(2)19(4)24(18(16)3)28(12,13)22-15-20(25(5,6)7)14-21(23(22)27-11)26(8,9)10/h14-15,18H,1-13H3. The zero-order chi connectivity index (χ0) is 21.8. The lowest BCUT2D eigenvalue weighted by Gasteiger charge is -2.36. The first kappa shape index (κ1) is 23.0. The van der Waals surface area contributed by atoms with Gasteiger partial charge in [0.15, 0.2) is 0 Å². The lowest BCUT2D eigenvalue weighted by atomic mass is 9.80. The van der Waals surface area contributed by atoms with E-state index in [0.29, 0.717) is 5.92 Å². The van der Waals surface area contributed by atoms with Crippen molar-refractivity contribution in [2.45, 2.75) is 93.2 Å². The summed E-state index contributed by atoms with van der Waals surface area (Å²) in [4.78, 5) is 0. The summed E-state index contributed by atoms with van der Waals surface area (Å²) in [7, 11) is -0.0785. The Morgan fingerprint density at radius 3 is 1.75 bits per heavy atom. The Morgan fingerprint density at radius 1 is 0.857 bits per heavy atom. The monoisotopic (exact) mass is 398 g/mol. The summed E-state index contributed by atoms with van der Waals surface area (Å²) >= 11 is 0. The van der Waals surface area contributed by atoms with Crippen LogP contribution in [0.4, 0.5) is 0 Å². The molecule has 2 rings (SSSR count). The topological polar surface area (TPSA) is 9.23 Å². The normalized spacial score (nSPS) is 19.0. The molecule has 2 heteroatoms. The van der Waals surface area contributed by atoms with Crippen molar-refractivity contribution in [3.05, 3.63) is 45.2 Å². The second-order valence-corrected chi connectivity index (χ2v) is 15.6. The Balaban J connectivity index is 2.87. The molecule has 0 amide bonds. The Hall–Kier alpha value is -1.28. The molecule has 0 spiro atoms. The van der Waals surface area contributed by atoms with Gasteiger partial charge in [-0.05, 0) is 59.4 Å². The molecule has 1 aromatic carbocycles. The third kappa shape index (κ3) is 3.77. The van der Waals surface area contributed by atoms with Crippen LogP contribution in [0.15, 0.2) is 34.0 Å². The van der Waals surface area contributed by atoms with Gasteiger partial charge in [0.05, 0.1) is 7.11 Å². The first-order valence-corrected chi connectivity index (χ1v) is 13.7. The van der Waals surface area contributed by atoms with Crippen LogP contribution < -0.4 is 9.92 Å². The Kier molecular flexibility index (Phi) is 5.91. The van der Waals surface area contributed by atoms with Crippen LogP contribution in [-0.4, -0.2) is 15.2 Å². The fraction of sp³-hybridized carbons (Fsp3) is 0.615. The summed E-state index contributed by atoms with van der Waals surface area (Å²) in [6, 6.07) is 4.86. The molecule has 1 unspecified atom stereocenters. The molecule has 0 saturated heterocycles. The fourth-order valence-electron chi connectivity index (χ4n) is 4.82. The van der Waals surface area contributed by atoms with E-state index >= 15 is 0 Å². The van der Waals surface area contributed by atoms with E-state index in [2.05, 4.69) is 94.5 Å². The Bertz CT molecular complexity index is 838. The predicted molar refractivity (Wildman–Crippen MR) is 128 cm³/mol. The lowest BCUT2D eigenvalue weighted by Crippen LogP contribution is -2.47. The van der Waals surface area contributed by atoms with Gasteiger partial charge in [-0.25, -0.2) is 0 Å². The molecule has 156 valence electrons. The second-order valence-electron chi connectivity index (χ2n) is 11.3. The van der Waals surface area contributed by atoms with E-state index in [-0.39, 0.29) is 10.8 Å². The summed E-state index contributed by atoms with van der Waals surface area (Å²) in [5.41, 5.74) is 7.45. The number of allylic oxidation sites excluding steroid dienone is 4. The van der Waals surface area contributed by atoms with Gasteiger partial charge in [-0.15, -0.1) is 0 Å². The van der Waals surface area contributed by atoms with Gasteiger partial charge in [0.25, 0.3) is 0 Å². The zero-order valence-corrected chi connectivity index (χ0v) is 21.6. The van der Waals surface area contributed by atoms with Gasteiger partial charge in [0.2, 0.25) is 0 Å². The van der Waals surface area contributed by atoms with Crippen molar-refractivity contribution in [2.75, 3.05) is 7.11 Å². The van der Waals surface area contributed by atoms with Crippen molar-refractivity contribution < 1.29 is 4.74 Å². The van der Waals surface area contributed by atoms with E-state index in [4.69, 9.17) is 4.74 Å². The molecule has 0 N–H and O–H groups in total. The molecule has 0 aliphatic heterocycles. The van der Waals surface area contributed by atoms with Gasteiger partial charge in [-0.2, -0.15) is 0 Å². The molecule has 28 heavy (non-hydrogen) atoms. The van der Waals surface area contributed by atoms with Crippen LogP contribution in [0.5, 0.6) is 5.75 Å². The lowest BCUT2D eigenvalue weighted by molar-refractivity contribution is 0.399. The van der Waals surface area contributed by atoms with Crippen LogP contribution in [0.1, 0.15) is 80.4 Å². The highest BCUT2D eigenvalue weighted by molar-refractivity contribution is 6.96. The van der Waals surface area contributed by atoms with Crippen LogP contribution in [0, 0.1) is 5.92 Å². The van der Waals surface area contributed by atoms with E-state index in [1.807, 2.05) is 7.11 Å². The summed E-state index contributed by atoms with van der Waals surface area (Å²) in [5.74, 6) is 1.65. The zero-order valence-electron chi connectivity index (χ0n) is 20.6. The third-order valence-electron chi connectivity index (χ3n) is 6.95. The van der Waals surface area contributed by atoms with Gasteiger partial charge >= 0.3 is 0 Å². The molecule has 0 heterocycles. The number of rotatable bonds is 3. The first-order chi connectivity index (χ1) is 12.5. The van der Waals surface area contributed by atoms with Crippen molar-refractivity contribution in [2.24, 2.45) is 5.92 Å². The number of ether oxygens (including phenoxy) is 1. The van der Waals surface area contributed by atoms with Crippen molar-refractivity contribution in [1.82, 2.24) is 0 Å². The summed E-state index contributed by atoms with van der Waals surface area (Å²) in [6.07, 6.45) is 0. The maximum atomic E-state index is 6.14. The molecule has 0 aromatic heterocycles. The minimum atomic E-state index is -1.93. The van der Waals surface area contributed by atoms with Crippen LogP contribution in [-0.2, 0) is 10.8 Å². The summed E-state index contributed by atoms with van der Waals surface area (Å²) in [5, 5.41) is 3.13. The average molecular weight is 399 g/mol. The smallest absolute Gasteiger partial charge is 0.122 e. The van der Waals surface area contributed by atoms with Gasteiger partial charge in [0.1, 0.15) is 13.8 Å². The van der Waals surface area contributed by atoms with Crippen LogP contribution in [0.2, 0.25) is 13.1 Å². The molecule has 0 fully saturated rings. The molecule has 1 aliphatic rings. The third-order valence-corrected chi connectivity index (χ3v) is 10.8. The van der Waals surface area contributed by atoms with Gasteiger partial charge in [0, 0.05) is 0 Å².